The summed E-state index contributed by atoms with van der Waals surface area (Å²) in [5, 5.41) is 1.28. The average Bonchev–Trinajstić information content (AvgIpc) is 2.38. The van der Waals surface area contributed by atoms with Gasteiger partial charge in [-0.3, -0.25) is 4.98 Å². The predicted octanol–water partition coefficient (Wildman–Crippen LogP) is 3.47. The molecule has 0 spiro atoms. The minimum atomic E-state index is 0.802. The van der Waals surface area contributed by atoms with Crippen LogP contribution in [0.1, 0.15) is 19.8 Å². The van der Waals surface area contributed by atoms with Gasteiger partial charge in [-0.05, 0) is 30.9 Å². The number of nitrogens with zero attached hydrogens (tertiary/aromatic N) is 2. The van der Waals surface area contributed by atoms with Gasteiger partial charge in [-0.25, -0.2) is 0 Å². The van der Waals surface area contributed by atoms with E-state index in [4.69, 9.17) is 0 Å². The van der Waals surface area contributed by atoms with E-state index in [9.17, 15) is 0 Å². The van der Waals surface area contributed by atoms with E-state index in [1.165, 1.54) is 37.0 Å². The molecular formula is C15H18N2. The number of para-hydroxylation sites is 1. The second-order valence-electron chi connectivity index (χ2n) is 5.04. The Balaban J connectivity index is 2.04. The molecule has 0 radical (unpaired) electrons. The highest BCUT2D eigenvalue weighted by atomic mass is 15.1. The number of benzene rings is 1. The summed E-state index contributed by atoms with van der Waals surface area (Å²) in [5.41, 5.74) is 2.45. The molecule has 1 saturated heterocycles. The van der Waals surface area contributed by atoms with Crippen LogP contribution in [0.4, 0.5) is 5.69 Å². The molecule has 1 atom stereocenters. The van der Waals surface area contributed by atoms with Crippen molar-refractivity contribution in [3.8, 4) is 0 Å². The molecule has 1 aromatic heterocycles. The summed E-state index contributed by atoms with van der Waals surface area (Å²) in [4.78, 5) is 6.94. The fourth-order valence-electron chi connectivity index (χ4n) is 2.76. The summed E-state index contributed by atoms with van der Waals surface area (Å²) in [6.45, 7) is 4.70. The van der Waals surface area contributed by atoms with Crippen molar-refractivity contribution in [2.75, 3.05) is 18.0 Å². The van der Waals surface area contributed by atoms with E-state index >= 15 is 0 Å². The summed E-state index contributed by atoms with van der Waals surface area (Å²) in [7, 11) is 0. The van der Waals surface area contributed by atoms with Crippen LogP contribution in [-0.4, -0.2) is 18.1 Å². The molecule has 2 heteroatoms. The Kier molecular flexibility index (Phi) is 2.71. The van der Waals surface area contributed by atoms with Gasteiger partial charge in [0.25, 0.3) is 0 Å². The number of aromatic nitrogens is 1. The third-order valence-electron chi connectivity index (χ3n) is 3.62. The van der Waals surface area contributed by atoms with Gasteiger partial charge in [0, 0.05) is 30.4 Å². The lowest BCUT2D eigenvalue weighted by atomic mass is 9.99. The van der Waals surface area contributed by atoms with Crippen molar-refractivity contribution in [1.29, 1.82) is 0 Å². The van der Waals surface area contributed by atoms with E-state index in [0.717, 1.165) is 11.4 Å². The fourth-order valence-corrected chi connectivity index (χ4v) is 2.76. The predicted molar refractivity (Wildman–Crippen MR) is 72.4 cm³/mol. The molecule has 1 aliphatic rings. The molecule has 17 heavy (non-hydrogen) atoms. The Bertz CT molecular complexity index is 516. The summed E-state index contributed by atoms with van der Waals surface area (Å²) in [6, 6.07) is 10.6. The van der Waals surface area contributed by atoms with E-state index in [-0.39, 0.29) is 0 Å². The van der Waals surface area contributed by atoms with Crippen molar-refractivity contribution < 1.29 is 0 Å². The Hall–Kier alpha value is -1.57. The highest BCUT2D eigenvalue weighted by molar-refractivity contribution is 5.91. The smallest absolute Gasteiger partial charge is 0.0722 e. The second kappa shape index (κ2) is 4.36. The number of hydrogen-bond donors (Lipinski definition) is 0. The molecule has 0 amide bonds. The monoisotopic (exact) mass is 226 g/mol. The Morgan fingerprint density at radius 1 is 1.24 bits per heavy atom. The van der Waals surface area contributed by atoms with Crippen LogP contribution in [0.3, 0.4) is 0 Å². The maximum absolute atomic E-state index is 4.43. The van der Waals surface area contributed by atoms with E-state index < -0.39 is 0 Å². The minimum absolute atomic E-state index is 0.802. The fraction of sp³-hybridized carbons (Fsp3) is 0.400. The number of rotatable bonds is 1. The van der Waals surface area contributed by atoms with Crippen LogP contribution in [0.25, 0.3) is 10.9 Å². The summed E-state index contributed by atoms with van der Waals surface area (Å²) >= 11 is 0. The number of fused-ring (bicyclic) bond motifs is 1. The molecule has 0 bridgehead atoms. The summed E-state index contributed by atoms with van der Waals surface area (Å²) < 4.78 is 0. The van der Waals surface area contributed by atoms with Gasteiger partial charge in [0.15, 0.2) is 0 Å². The van der Waals surface area contributed by atoms with Gasteiger partial charge >= 0.3 is 0 Å². The molecule has 88 valence electrons. The molecule has 2 nitrogen and oxygen atoms in total. The lowest BCUT2D eigenvalue weighted by Crippen LogP contribution is -2.34. The van der Waals surface area contributed by atoms with Crippen LogP contribution in [0.5, 0.6) is 0 Å². The maximum atomic E-state index is 4.43. The SMILES string of the molecule is CC1CCCN(c2ccnc3ccccc23)C1. The zero-order valence-electron chi connectivity index (χ0n) is 10.3. The van der Waals surface area contributed by atoms with Gasteiger partial charge in [0.2, 0.25) is 0 Å². The average molecular weight is 226 g/mol. The van der Waals surface area contributed by atoms with Gasteiger partial charge in [0.1, 0.15) is 0 Å². The Morgan fingerprint density at radius 2 is 2.12 bits per heavy atom. The van der Waals surface area contributed by atoms with Crippen LogP contribution in [-0.2, 0) is 0 Å². The highest BCUT2D eigenvalue weighted by Gasteiger charge is 2.18. The lowest BCUT2D eigenvalue weighted by molar-refractivity contribution is 0.447. The quantitative estimate of drug-likeness (QED) is 0.740. The molecule has 1 aromatic carbocycles. The second-order valence-corrected chi connectivity index (χ2v) is 5.04. The van der Waals surface area contributed by atoms with Gasteiger partial charge in [-0.1, -0.05) is 25.1 Å². The van der Waals surface area contributed by atoms with Gasteiger partial charge in [-0.15, -0.1) is 0 Å². The first kappa shape index (κ1) is 10.6. The van der Waals surface area contributed by atoms with Crippen molar-refractivity contribution in [2.24, 2.45) is 5.92 Å². The van der Waals surface area contributed by atoms with Crippen molar-refractivity contribution in [2.45, 2.75) is 19.8 Å². The highest BCUT2D eigenvalue weighted by Crippen LogP contribution is 2.28. The van der Waals surface area contributed by atoms with Crippen LogP contribution < -0.4 is 4.90 Å². The molecule has 0 N–H and O–H groups in total. The van der Waals surface area contributed by atoms with Gasteiger partial charge < -0.3 is 4.90 Å². The minimum Gasteiger partial charge on any atom is -0.371 e. The third-order valence-corrected chi connectivity index (χ3v) is 3.62. The zero-order valence-corrected chi connectivity index (χ0v) is 10.3. The summed E-state index contributed by atoms with van der Waals surface area (Å²) in [6.07, 6.45) is 4.59. The molecule has 2 aromatic rings. The van der Waals surface area contributed by atoms with E-state index in [0.29, 0.717) is 0 Å². The number of anilines is 1. The standard InChI is InChI=1S/C15H18N2/c1-12-5-4-10-17(11-12)15-8-9-16-14-7-3-2-6-13(14)15/h2-3,6-9,12H,4-5,10-11H2,1H3. The van der Waals surface area contributed by atoms with Gasteiger partial charge in [-0.2, -0.15) is 0 Å². The van der Waals surface area contributed by atoms with Crippen LogP contribution >= 0.6 is 0 Å². The van der Waals surface area contributed by atoms with Crippen LogP contribution in [0.15, 0.2) is 36.5 Å². The first-order chi connectivity index (χ1) is 8.34. The van der Waals surface area contributed by atoms with Crippen molar-refractivity contribution >= 4 is 16.6 Å². The van der Waals surface area contributed by atoms with Crippen molar-refractivity contribution in [3.63, 3.8) is 0 Å². The molecule has 2 heterocycles. The third kappa shape index (κ3) is 1.99. The molecule has 1 fully saturated rings. The maximum Gasteiger partial charge on any atom is 0.0722 e. The molecule has 3 rings (SSSR count). The first-order valence-corrected chi connectivity index (χ1v) is 6.43. The summed E-state index contributed by atoms with van der Waals surface area (Å²) in [5.74, 6) is 0.802. The van der Waals surface area contributed by atoms with E-state index in [1.807, 2.05) is 6.20 Å². The number of hydrogen-bond acceptors (Lipinski definition) is 2. The van der Waals surface area contributed by atoms with E-state index in [2.05, 4.69) is 47.1 Å². The Labute approximate surface area is 102 Å². The lowest BCUT2D eigenvalue weighted by Gasteiger charge is -2.33. The number of piperidine rings is 1. The zero-order chi connectivity index (χ0) is 11.7. The largest absolute Gasteiger partial charge is 0.371 e. The molecule has 0 saturated carbocycles. The number of pyridine rings is 1. The topological polar surface area (TPSA) is 16.1 Å². The van der Waals surface area contributed by atoms with Crippen molar-refractivity contribution in [1.82, 2.24) is 4.98 Å². The first-order valence-electron chi connectivity index (χ1n) is 6.43. The Morgan fingerprint density at radius 3 is 3.00 bits per heavy atom. The van der Waals surface area contributed by atoms with Crippen molar-refractivity contribution in [3.05, 3.63) is 36.5 Å². The molecule has 1 unspecified atom stereocenters. The van der Waals surface area contributed by atoms with Crippen LogP contribution in [0, 0.1) is 5.92 Å². The normalized spacial score (nSPS) is 20.8. The van der Waals surface area contributed by atoms with Gasteiger partial charge in [0.05, 0.1) is 5.52 Å². The van der Waals surface area contributed by atoms with E-state index in [1.54, 1.807) is 0 Å². The molecule has 0 aliphatic carbocycles. The molecule has 1 aliphatic heterocycles. The molecular weight excluding hydrogens is 208 g/mol. The van der Waals surface area contributed by atoms with Crippen LogP contribution in [0.2, 0.25) is 0 Å².